The molecule has 0 saturated heterocycles. The van der Waals surface area contributed by atoms with Crippen molar-refractivity contribution in [3.8, 4) is 0 Å². The van der Waals surface area contributed by atoms with Crippen LogP contribution >= 0.6 is 0 Å². The van der Waals surface area contributed by atoms with E-state index in [1.165, 1.54) is 6.92 Å². The summed E-state index contributed by atoms with van der Waals surface area (Å²) in [6.45, 7) is 1.89. The van der Waals surface area contributed by atoms with Gasteiger partial charge < -0.3 is 16.0 Å². The normalized spacial score (nSPS) is 13.0. The van der Waals surface area contributed by atoms with Gasteiger partial charge in [-0.05, 0) is 48.7 Å². The van der Waals surface area contributed by atoms with Crippen molar-refractivity contribution in [3.05, 3.63) is 59.7 Å². The molecule has 1 fully saturated rings. The van der Waals surface area contributed by atoms with E-state index in [1.54, 1.807) is 48.5 Å². The smallest absolute Gasteiger partial charge is 0.255 e. The molecule has 1 aliphatic carbocycles. The minimum Gasteiger partial charge on any atom is -0.352 e. The Hall–Kier alpha value is -3.15. The zero-order valence-electron chi connectivity index (χ0n) is 14.5. The van der Waals surface area contributed by atoms with Crippen LogP contribution in [0.1, 0.15) is 35.7 Å². The van der Waals surface area contributed by atoms with Crippen molar-refractivity contribution in [2.75, 3.05) is 10.6 Å². The third-order valence-corrected chi connectivity index (χ3v) is 4.09. The molecule has 2 aromatic rings. The number of hydrogen-bond donors (Lipinski definition) is 3. The minimum absolute atomic E-state index is 0.0308. The predicted octanol–water partition coefficient (Wildman–Crippen LogP) is 2.92. The number of carbonyl (C=O) groups is 3. The fraction of sp³-hybridized carbons (Fsp3) is 0.250. The van der Waals surface area contributed by atoms with Crippen LogP contribution in [0.5, 0.6) is 0 Å². The number of hydrogen-bond acceptors (Lipinski definition) is 3. The molecule has 1 aliphatic rings. The van der Waals surface area contributed by atoms with Crippen LogP contribution in [0.2, 0.25) is 0 Å². The summed E-state index contributed by atoms with van der Waals surface area (Å²) in [4.78, 5) is 35.1. The van der Waals surface area contributed by atoms with Gasteiger partial charge in [0.15, 0.2) is 0 Å². The molecular weight excluding hydrogens is 330 g/mol. The summed E-state index contributed by atoms with van der Waals surface area (Å²) in [5.74, 6) is -0.172. The number of benzene rings is 2. The van der Waals surface area contributed by atoms with Gasteiger partial charge in [0.05, 0.1) is 0 Å². The first-order valence-electron chi connectivity index (χ1n) is 8.57. The SMILES string of the molecule is CC(=O)NCc1ccc(C(=O)Nc2cccc(NC(=O)C3CC3)c2)cc1. The number of nitrogens with one attached hydrogen (secondary N) is 3. The van der Waals surface area contributed by atoms with Crippen LogP contribution in [0.15, 0.2) is 48.5 Å². The van der Waals surface area contributed by atoms with E-state index in [0.29, 0.717) is 23.5 Å². The highest BCUT2D eigenvalue weighted by Gasteiger charge is 2.29. The van der Waals surface area contributed by atoms with E-state index in [9.17, 15) is 14.4 Å². The Bertz CT molecular complexity index is 826. The van der Waals surface area contributed by atoms with Crippen LogP contribution in [-0.4, -0.2) is 17.7 Å². The van der Waals surface area contributed by atoms with Crippen molar-refractivity contribution in [1.82, 2.24) is 5.32 Å². The van der Waals surface area contributed by atoms with Crippen molar-refractivity contribution < 1.29 is 14.4 Å². The van der Waals surface area contributed by atoms with Crippen molar-refractivity contribution in [2.24, 2.45) is 5.92 Å². The molecule has 3 amide bonds. The fourth-order valence-electron chi connectivity index (χ4n) is 2.47. The molecule has 0 unspecified atom stereocenters. The maximum atomic E-state index is 12.4. The number of amides is 3. The third-order valence-electron chi connectivity index (χ3n) is 4.09. The highest BCUT2D eigenvalue weighted by Crippen LogP contribution is 2.30. The number of anilines is 2. The van der Waals surface area contributed by atoms with E-state index < -0.39 is 0 Å². The van der Waals surface area contributed by atoms with Gasteiger partial charge >= 0.3 is 0 Å². The average Bonchev–Trinajstić information content (AvgIpc) is 3.46. The summed E-state index contributed by atoms with van der Waals surface area (Å²) in [6, 6.07) is 14.1. The Morgan fingerprint density at radius 1 is 0.962 bits per heavy atom. The second-order valence-electron chi connectivity index (χ2n) is 6.41. The highest BCUT2D eigenvalue weighted by atomic mass is 16.2. The Balaban J connectivity index is 1.60. The molecule has 1 saturated carbocycles. The summed E-state index contributed by atoms with van der Waals surface area (Å²) in [7, 11) is 0. The average molecular weight is 351 g/mol. The van der Waals surface area contributed by atoms with Gasteiger partial charge in [0.2, 0.25) is 11.8 Å². The largest absolute Gasteiger partial charge is 0.352 e. The third kappa shape index (κ3) is 4.92. The minimum atomic E-state index is -0.234. The van der Waals surface area contributed by atoms with Gasteiger partial charge in [0.25, 0.3) is 5.91 Å². The molecule has 3 rings (SSSR count). The lowest BCUT2D eigenvalue weighted by atomic mass is 10.1. The fourth-order valence-corrected chi connectivity index (χ4v) is 2.47. The lowest BCUT2D eigenvalue weighted by Gasteiger charge is -2.09. The second-order valence-corrected chi connectivity index (χ2v) is 6.41. The molecule has 2 aromatic carbocycles. The zero-order valence-corrected chi connectivity index (χ0v) is 14.5. The molecule has 0 radical (unpaired) electrons. The van der Waals surface area contributed by atoms with E-state index in [-0.39, 0.29) is 23.6 Å². The first-order valence-corrected chi connectivity index (χ1v) is 8.57. The van der Waals surface area contributed by atoms with Gasteiger partial charge in [-0.1, -0.05) is 18.2 Å². The first kappa shape index (κ1) is 17.7. The number of rotatable bonds is 6. The molecule has 134 valence electrons. The summed E-state index contributed by atoms with van der Waals surface area (Å²) in [5, 5.41) is 8.40. The summed E-state index contributed by atoms with van der Waals surface area (Å²) >= 11 is 0. The van der Waals surface area contributed by atoms with Crippen LogP contribution in [0.25, 0.3) is 0 Å². The van der Waals surface area contributed by atoms with Crippen molar-refractivity contribution in [2.45, 2.75) is 26.3 Å². The van der Waals surface area contributed by atoms with Crippen molar-refractivity contribution >= 4 is 29.1 Å². The Morgan fingerprint density at radius 3 is 2.23 bits per heavy atom. The zero-order chi connectivity index (χ0) is 18.5. The lowest BCUT2D eigenvalue weighted by molar-refractivity contribution is -0.119. The molecule has 0 atom stereocenters. The van der Waals surface area contributed by atoms with E-state index in [0.717, 1.165) is 18.4 Å². The molecule has 0 aliphatic heterocycles. The van der Waals surface area contributed by atoms with Gasteiger partial charge in [-0.15, -0.1) is 0 Å². The Labute approximate surface area is 152 Å². The molecule has 6 heteroatoms. The topological polar surface area (TPSA) is 87.3 Å². The van der Waals surface area contributed by atoms with Crippen LogP contribution in [0.3, 0.4) is 0 Å². The molecular formula is C20H21N3O3. The van der Waals surface area contributed by atoms with Gasteiger partial charge in [-0.2, -0.15) is 0 Å². The van der Waals surface area contributed by atoms with E-state index in [4.69, 9.17) is 0 Å². The molecule has 0 aromatic heterocycles. The second kappa shape index (κ2) is 7.82. The quantitative estimate of drug-likeness (QED) is 0.748. The maximum absolute atomic E-state index is 12.4. The van der Waals surface area contributed by atoms with Crippen LogP contribution in [0.4, 0.5) is 11.4 Å². The summed E-state index contributed by atoms with van der Waals surface area (Å²) in [5.41, 5.74) is 2.72. The lowest BCUT2D eigenvalue weighted by Crippen LogP contribution is -2.19. The standard InChI is InChI=1S/C20H21N3O3/c1-13(24)21-12-14-5-7-15(8-6-14)19(25)22-17-3-2-4-18(11-17)23-20(26)16-9-10-16/h2-8,11,16H,9-10,12H2,1H3,(H,21,24)(H,22,25)(H,23,26). The predicted molar refractivity (Wildman–Crippen MR) is 99.7 cm³/mol. The molecule has 26 heavy (non-hydrogen) atoms. The molecule has 6 nitrogen and oxygen atoms in total. The van der Waals surface area contributed by atoms with Crippen molar-refractivity contribution in [3.63, 3.8) is 0 Å². The monoisotopic (exact) mass is 351 g/mol. The van der Waals surface area contributed by atoms with Crippen molar-refractivity contribution in [1.29, 1.82) is 0 Å². The maximum Gasteiger partial charge on any atom is 0.255 e. The van der Waals surface area contributed by atoms with Gasteiger partial charge in [-0.3, -0.25) is 14.4 Å². The van der Waals surface area contributed by atoms with E-state index in [1.807, 2.05) is 0 Å². The highest BCUT2D eigenvalue weighted by molar-refractivity contribution is 6.04. The molecule has 0 bridgehead atoms. The Kier molecular flexibility index (Phi) is 5.31. The van der Waals surface area contributed by atoms with Crippen LogP contribution in [0, 0.1) is 5.92 Å². The molecule has 3 N–H and O–H groups in total. The first-order chi connectivity index (χ1) is 12.5. The van der Waals surface area contributed by atoms with Crippen LogP contribution < -0.4 is 16.0 Å². The number of carbonyl (C=O) groups excluding carboxylic acids is 3. The molecule has 0 heterocycles. The van der Waals surface area contributed by atoms with E-state index in [2.05, 4.69) is 16.0 Å². The van der Waals surface area contributed by atoms with Gasteiger partial charge in [0.1, 0.15) is 0 Å². The van der Waals surface area contributed by atoms with Crippen LogP contribution in [-0.2, 0) is 16.1 Å². The molecule has 0 spiro atoms. The summed E-state index contributed by atoms with van der Waals surface area (Å²) in [6.07, 6.45) is 1.89. The Morgan fingerprint density at radius 2 is 1.62 bits per heavy atom. The summed E-state index contributed by atoms with van der Waals surface area (Å²) < 4.78 is 0. The van der Waals surface area contributed by atoms with E-state index >= 15 is 0 Å². The van der Waals surface area contributed by atoms with Gasteiger partial charge in [-0.25, -0.2) is 0 Å². The van der Waals surface area contributed by atoms with Gasteiger partial charge in [0, 0.05) is 36.3 Å².